The number of nitrogens with one attached hydrogen (secondary N) is 3. The SMILES string of the molecule is O=C(NC1CCC[C@@H]1NC(=O)c1ccc(N2CCCCCC2=O)cc1)c1ccc2c(Cl)c[nH]c2c1.S. The van der Waals surface area contributed by atoms with Gasteiger partial charge in [0.25, 0.3) is 11.8 Å². The van der Waals surface area contributed by atoms with Crippen LogP contribution in [0, 0.1) is 0 Å². The van der Waals surface area contributed by atoms with Crippen LogP contribution in [-0.2, 0) is 4.79 Å². The third-order valence-corrected chi connectivity index (χ3v) is 7.37. The molecule has 1 saturated heterocycles. The van der Waals surface area contributed by atoms with Crippen LogP contribution in [0.15, 0.2) is 48.7 Å². The number of carbonyl (C=O) groups is 3. The average Bonchev–Trinajstić information content (AvgIpc) is 3.39. The fraction of sp³-hybridized carbons (Fsp3) is 0.370. The molecule has 3 amide bonds. The van der Waals surface area contributed by atoms with Gasteiger partial charge in [-0.15, -0.1) is 0 Å². The lowest BCUT2D eigenvalue weighted by atomic mass is 10.1. The molecule has 1 aliphatic carbocycles. The van der Waals surface area contributed by atoms with E-state index in [1.54, 1.807) is 30.5 Å². The lowest BCUT2D eigenvalue weighted by Crippen LogP contribution is -2.48. The van der Waals surface area contributed by atoms with Gasteiger partial charge < -0.3 is 20.5 Å². The van der Waals surface area contributed by atoms with Crippen molar-refractivity contribution in [2.75, 3.05) is 11.4 Å². The predicted octanol–water partition coefficient (Wildman–Crippen LogP) is 4.92. The summed E-state index contributed by atoms with van der Waals surface area (Å²) in [7, 11) is 0. The molecule has 3 N–H and O–H groups in total. The zero-order valence-electron chi connectivity index (χ0n) is 20.0. The second-order valence-corrected chi connectivity index (χ2v) is 9.80. The maximum absolute atomic E-state index is 12.9. The number of nitrogens with zero attached hydrogens (tertiary/aromatic N) is 1. The molecule has 2 aromatic carbocycles. The first-order valence-electron chi connectivity index (χ1n) is 12.3. The molecule has 2 aliphatic rings. The van der Waals surface area contributed by atoms with E-state index in [2.05, 4.69) is 15.6 Å². The molecule has 1 aliphatic heterocycles. The molecule has 0 radical (unpaired) electrons. The van der Waals surface area contributed by atoms with Crippen molar-refractivity contribution < 1.29 is 14.4 Å². The highest BCUT2D eigenvalue weighted by Crippen LogP contribution is 2.25. The minimum absolute atomic E-state index is 0. The molecule has 2 heterocycles. The summed E-state index contributed by atoms with van der Waals surface area (Å²) >= 11 is 6.13. The van der Waals surface area contributed by atoms with Gasteiger partial charge >= 0.3 is 0 Å². The van der Waals surface area contributed by atoms with Gasteiger partial charge in [0, 0.05) is 59.0 Å². The number of rotatable bonds is 5. The summed E-state index contributed by atoms with van der Waals surface area (Å²) in [6.07, 6.45) is 7.82. The van der Waals surface area contributed by atoms with Crippen molar-refractivity contribution >= 4 is 59.4 Å². The molecule has 7 nitrogen and oxygen atoms in total. The topological polar surface area (TPSA) is 94.3 Å². The Morgan fingerprint density at radius 1 is 0.889 bits per heavy atom. The molecule has 9 heteroatoms. The summed E-state index contributed by atoms with van der Waals surface area (Å²) in [5.41, 5.74) is 2.73. The minimum Gasteiger partial charge on any atom is -0.360 e. The van der Waals surface area contributed by atoms with Crippen molar-refractivity contribution in [2.45, 2.75) is 57.0 Å². The first-order chi connectivity index (χ1) is 17.0. The van der Waals surface area contributed by atoms with Crippen LogP contribution in [0.25, 0.3) is 10.9 Å². The van der Waals surface area contributed by atoms with E-state index >= 15 is 0 Å². The summed E-state index contributed by atoms with van der Waals surface area (Å²) in [6.45, 7) is 0.720. The molecule has 2 atom stereocenters. The molecule has 5 rings (SSSR count). The van der Waals surface area contributed by atoms with Crippen LogP contribution in [-0.4, -0.2) is 41.3 Å². The number of H-pyrrole nitrogens is 1. The Kier molecular flexibility index (Phi) is 8.26. The van der Waals surface area contributed by atoms with Crippen LogP contribution in [0.3, 0.4) is 0 Å². The van der Waals surface area contributed by atoms with Gasteiger partial charge in [-0.2, -0.15) is 13.5 Å². The van der Waals surface area contributed by atoms with E-state index in [1.165, 1.54) is 0 Å². The summed E-state index contributed by atoms with van der Waals surface area (Å²) in [5, 5.41) is 7.68. The molecule has 1 aromatic heterocycles. The number of halogens is 1. The second-order valence-electron chi connectivity index (χ2n) is 9.39. The van der Waals surface area contributed by atoms with Gasteiger partial charge in [-0.3, -0.25) is 14.4 Å². The molecule has 190 valence electrons. The van der Waals surface area contributed by atoms with E-state index in [0.29, 0.717) is 22.6 Å². The van der Waals surface area contributed by atoms with Crippen LogP contribution in [0.2, 0.25) is 5.02 Å². The summed E-state index contributed by atoms with van der Waals surface area (Å²) < 4.78 is 0. The van der Waals surface area contributed by atoms with Gasteiger partial charge in [-0.05, 0) is 68.5 Å². The Bertz CT molecular complexity index is 1260. The highest BCUT2D eigenvalue weighted by molar-refractivity contribution is 7.59. The van der Waals surface area contributed by atoms with E-state index in [-0.39, 0.29) is 43.3 Å². The number of aromatic amines is 1. The minimum atomic E-state index is -0.174. The predicted molar refractivity (Wildman–Crippen MR) is 147 cm³/mol. The van der Waals surface area contributed by atoms with Gasteiger partial charge in [0.2, 0.25) is 5.91 Å². The van der Waals surface area contributed by atoms with Gasteiger partial charge in [0.05, 0.1) is 5.02 Å². The van der Waals surface area contributed by atoms with Crippen molar-refractivity contribution in [1.82, 2.24) is 15.6 Å². The molecule has 1 saturated carbocycles. The molecule has 36 heavy (non-hydrogen) atoms. The Morgan fingerprint density at radius 2 is 1.56 bits per heavy atom. The molecule has 1 unspecified atom stereocenters. The maximum Gasteiger partial charge on any atom is 0.251 e. The van der Waals surface area contributed by atoms with Crippen LogP contribution in [0.1, 0.15) is 65.7 Å². The van der Waals surface area contributed by atoms with Crippen molar-refractivity contribution in [1.29, 1.82) is 0 Å². The Hall–Kier alpha value is -2.97. The highest BCUT2D eigenvalue weighted by atomic mass is 35.5. The smallest absolute Gasteiger partial charge is 0.251 e. The maximum atomic E-state index is 12.9. The van der Waals surface area contributed by atoms with Gasteiger partial charge in [0.15, 0.2) is 0 Å². The Labute approximate surface area is 222 Å². The lowest BCUT2D eigenvalue weighted by molar-refractivity contribution is -0.118. The molecule has 2 fully saturated rings. The quantitative estimate of drug-likeness (QED) is 0.440. The Morgan fingerprint density at radius 3 is 2.28 bits per heavy atom. The second kappa shape index (κ2) is 11.4. The van der Waals surface area contributed by atoms with E-state index in [1.807, 2.05) is 23.1 Å². The van der Waals surface area contributed by atoms with E-state index in [9.17, 15) is 14.4 Å². The van der Waals surface area contributed by atoms with Gasteiger partial charge in [-0.25, -0.2) is 0 Å². The van der Waals surface area contributed by atoms with Crippen LogP contribution in [0.5, 0.6) is 0 Å². The fourth-order valence-electron chi connectivity index (χ4n) is 5.09. The summed E-state index contributed by atoms with van der Waals surface area (Å²) in [5.74, 6) is -0.203. The monoisotopic (exact) mass is 526 g/mol. The highest BCUT2D eigenvalue weighted by Gasteiger charge is 2.30. The van der Waals surface area contributed by atoms with Crippen molar-refractivity contribution in [2.24, 2.45) is 0 Å². The Balaban J connectivity index is 0.00000304. The molecular formula is C27H31ClN4O3S. The number of benzene rings is 2. The zero-order valence-corrected chi connectivity index (χ0v) is 21.7. The number of amides is 3. The molecule has 3 aromatic rings. The van der Waals surface area contributed by atoms with Gasteiger partial charge in [-0.1, -0.05) is 24.1 Å². The zero-order chi connectivity index (χ0) is 24.4. The number of hydrogen-bond acceptors (Lipinski definition) is 3. The number of anilines is 1. The summed E-state index contributed by atoms with van der Waals surface area (Å²) in [6, 6.07) is 12.3. The fourth-order valence-corrected chi connectivity index (χ4v) is 5.31. The number of fused-ring (bicyclic) bond motifs is 1. The van der Waals surface area contributed by atoms with Crippen molar-refractivity contribution in [3.63, 3.8) is 0 Å². The van der Waals surface area contributed by atoms with Crippen molar-refractivity contribution in [3.05, 3.63) is 64.8 Å². The van der Waals surface area contributed by atoms with Crippen molar-refractivity contribution in [3.8, 4) is 0 Å². The van der Waals surface area contributed by atoms with E-state index < -0.39 is 0 Å². The van der Waals surface area contributed by atoms with Crippen LogP contribution < -0.4 is 15.5 Å². The molecule has 0 spiro atoms. The standard InChI is InChI=1S/C27H29ClN4O3.H2S/c28-21-16-29-24-15-18(10-13-20(21)24)27(35)31-23-6-4-5-22(23)30-26(34)17-8-11-19(12-9-17)32-14-3-1-2-7-25(32)33;/h8-13,15-16,22-23,29H,1-7,14H2,(H,30,34)(H,31,35);1H2/t22-,23?;/m0./s1. The third kappa shape index (κ3) is 5.55. The van der Waals surface area contributed by atoms with Gasteiger partial charge in [0.1, 0.15) is 0 Å². The summed E-state index contributed by atoms with van der Waals surface area (Å²) in [4.78, 5) is 43.1. The average molecular weight is 527 g/mol. The first kappa shape index (κ1) is 26.1. The number of carbonyl (C=O) groups excluding carboxylic acids is 3. The number of hydrogen-bond donors (Lipinski definition) is 3. The third-order valence-electron chi connectivity index (χ3n) is 7.06. The first-order valence-corrected chi connectivity index (χ1v) is 12.7. The largest absolute Gasteiger partial charge is 0.360 e. The van der Waals surface area contributed by atoms with E-state index in [0.717, 1.165) is 61.7 Å². The lowest BCUT2D eigenvalue weighted by Gasteiger charge is -2.23. The van der Waals surface area contributed by atoms with Crippen LogP contribution in [0.4, 0.5) is 5.69 Å². The van der Waals surface area contributed by atoms with Crippen LogP contribution >= 0.6 is 25.1 Å². The van der Waals surface area contributed by atoms with E-state index in [4.69, 9.17) is 11.6 Å². The molecule has 0 bridgehead atoms. The number of aromatic nitrogens is 1. The normalized spacial score (nSPS) is 20.0. The molecular weight excluding hydrogens is 496 g/mol.